The van der Waals surface area contributed by atoms with Crippen molar-refractivity contribution in [1.82, 2.24) is 9.55 Å². The van der Waals surface area contributed by atoms with E-state index in [-0.39, 0.29) is 5.88 Å². The van der Waals surface area contributed by atoms with E-state index in [2.05, 4.69) is 53.0 Å². The van der Waals surface area contributed by atoms with Gasteiger partial charge in [0, 0.05) is 41.0 Å². The molecule has 0 spiro atoms. The van der Waals surface area contributed by atoms with Crippen molar-refractivity contribution in [2.45, 2.75) is 45.2 Å². The van der Waals surface area contributed by atoms with Crippen molar-refractivity contribution in [1.29, 1.82) is 0 Å². The van der Waals surface area contributed by atoms with E-state index in [9.17, 15) is 4.39 Å². The van der Waals surface area contributed by atoms with Crippen molar-refractivity contribution in [3.63, 3.8) is 0 Å². The van der Waals surface area contributed by atoms with Gasteiger partial charge in [0.15, 0.2) is 5.82 Å². The fourth-order valence-corrected chi connectivity index (χ4v) is 4.31. The molecule has 0 bridgehead atoms. The summed E-state index contributed by atoms with van der Waals surface area (Å²) in [6.07, 6.45) is 4.95. The highest BCUT2D eigenvalue weighted by atomic mass is 19.1. The van der Waals surface area contributed by atoms with Crippen LogP contribution in [-0.2, 0) is 0 Å². The number of pyridine rings is 1. The third-order valence-electron chi connectivity index (χ3n) is 6.01. The van der Waals surface area contributed by atoms with Gasteiger partial charge in [-0.3, -0.25) is 0 Å². The van der Waals surface area contributed by atoms with Crippen LogP contribution in [0.2, 0.25) is 0 Å². The number of nitrogens with two attached hydrogens (primary N) is 1. The van der Waals surface area contributed by atoms with Gasteiger partial charge in [-0.1, -0.05) is 12.1 Å². The van der Waals surface area contributed by atoms with Crippen LogP contribution in [0.15, 0.2) is 60.8 Å². The Balaban J connectivity index is 1.60. The van der Waals surface area contributed by atoms with Gasteiger partial charge in [0.25, 0.3) is 5.88 Å². The van der Waals surface area contributed by atoms with Gasteiger partial charge < -0.3 is 20.4 Å². The molecular weight excluding hydrogens is 403 g/mol. The molecule has 5 nitrogen and oxygen atoms in total. The Labute approximate surface area is 187 Å². The van der Waals surface area contributed by atoms with E-state index in [1.165, 1.54) is 18.7 Å². The lowest BCUT2D eigenvalue weighted by Gasteiger charge is -2.30. The zero-order valence-corrected chi connectivity index (χ0v) is 18.3. The lowest BCUT2D eigenvalue weighted by Crippen LogP contribution is -2.18. The molecule has 1 aliphatic rings. The molecule has 32 heavy (non-hydrogen) atoms. The SMILES string of the molecule is CC(C)Nc1ccc(-c2c(N)c3ccc(Oc4ncccc4F)cc3n2C2CCC2)cc1. The van der Waals surface area contributed by atoms with Gasteiger partial charge in [0.05, 0.1) is 16.9 Å². The summed E-state index contributed by atoms with van der Waals surface area (Å²) in [6.45, 7) is 4.24. The average Bonchev–Trinajstić information content (AvgIpc) is 3.01. The van der Waals surface area contributed by atoms with Crippen LogP contribution in [0.5, 0.6) is 11.6 Å². The summed E-state index contributed by atoms with van der Waals surface area (Å²) < 4.78 is 22.1. The van der Waals surface area contributed by atoms with Crippen molar-refractivity contribution in [3.8, 4) is 22.9 Å². The number of nitrogens with zero attached hydrogens (tertiary/aromatic N) is 2. The van der Waals surface area contributed by atoms with Crippen LogP contribution in [0.3, 0.4) is 0 Å². The Morgan fingerprint density at radius 1 is 1.12 bits per heavy atom. The van der Waals surface area contributed by atoms with Gasteiger partial charge in [0.2, 0.25) is 0 Å². The van der Waals surface area contributed by atoms with Gasteiger partial charge >= 0.3 is 0 Å². The number of nitrogen functional groups attached to an aromatic ring is 1. The Kier molecular flexibility index (Phi) is 5.21. The number of benzene rings is 2. The van der Waals surface area contributed by atoms with Crippen LogP contribution < -0.4 is 15.8 Å². The van der Waals surface area contributed by atoms with Gasteiger partial charge in [-0.2, -0.15) is 0 Å². The number of rotatable bonds is 6. The maximum Gasteiger partial charge on any atom is 0.255 e. The minimum atomic E-state index is -0.489. The number of anilines is 2. The zero-order chi connectivity index (χ0) is 22.2. The van der Waals surface area contributed by atoms with E-state index in [0.29, 0.717) is 17.8 Å². The largest absolute Gasteiger partial charge is 0.436 e. The molecule has 0 amide bonds. The summed E-state index contributed by atoms with van der Waals surface area (Å²) in [5.74, 6) is 0.0171. The second kappa shape index (κ2) is 8.19. The monoisotopic (exact) mass is 430 g/mol. The second-order valence-corrected chi connectivity index (χ2v) is 8.66. The first kappa shape index (κ1) is 20.4. The van der Waals surface area contributed by atoms with Crippen LogP contribution in [0, 0.1) is 5.82 Å². The molecule has 0 unspecified atom stereocenters. The second-order valence-electron chi connectivity index (χ2n) is 8.66. The van der Waals surface area contributed by atoms with Crippen LogP contribution in [-0.4, -0.2) is 15.6 Å². The number of hydrogen-bond acceptors (Lipinski definition) is 4. The highest BCUT2D eigenvalue weighted by Gasteiger charge is 2.27. The fraction of sp³-hybridized carbons (Fsp3) is 0.269. The molecule has 6 heteroatoms. The molecule has 1 aliphatic carbocycles. The number of fused-ring (bicyclic) bond motifs is 1. The summed E-state index contributed by atoms with van der Waals surface area (Å²) in [7, 11) is 0. The topological polar surface area (TPSA) is 65.1 Å². The molecule has 1 fully saturated rings. The molecular formula is C26H27FN4O. The van der Waals surface area contributed by atoms with Crippen LogP contribution in [0.1, 0.15) is 39.2 Å². The van der Waals surface area contributed by atoms with Crippen molar-refractivity contribution in [2.75, 3.05) is 11.1 Å². The highest BCUT2D eigenvalue weighted by Crippen LogP contribution is 2.45. The molecule has 1 saturated carbocycles. The molecule has 3 N–H and O–H groups in total. The molecule has 0 radical (unpaired) electrons. The first-order valence-corrected chi connectivity index (χ1v) is 11.1. The van der Waals surface area contributed by atoms with Crippen molar-refractivity contribution in [2.24, 2.45) is 0 Å². The molecule has 5 rings (SSSR count). The first-order valence-electron chi connectivity index (χ1n) is 11.1. The molecule has 0 atom stereocenters. The maximum absolute atomic E-state index is 14.0. The first-order chi connectivity index (χ1) is 15.5. The molecule has 2 aromatic heterocycles. The van der Waals surface area contributed by atoms with Gasteiger partial charge in [0.1, 0.15) is 5.75 Å². The van der Waals surface area contributed by atoms with Gasteiger partial charge in [-0.25, -0.2) is 9.37 Å². The smallest absolute Gasteiger partial charge is 0.255 e. The quantitative estimate of drug-likeness (QED) is 0.355. The summed E-state index contributed by atoms with van der Waals surface area (Å²) in [5.41, 5.74) is 11.6. The Hall–Kier alpha value is -3.54. The van der Waals surface area contributed by atoms with Crippen molar-refractivity contribution >= 4 is 22.3 Å². The molecule has 2 aromatic carbocycles. The number of halogens is 1. The van der Waals surface area contributed by atoms with E-state index in [0.717, 1.165) is 46.4 Å². The summed E-state index contributed by atoms with van der Waals surface area (Å²) in [5, 5.41) is 4.41. The van der Waals surface area contributed by atoms with Crippen LogP contribution >= 0.6 is 0 Å². The van der Waals surface area contributed by atoms with E-state index in [1.807, 2.05) is 18.2 Å². The third kappa shape index (κ3) is 3.66. The lowest BCUT2D eigenvalue weighted by molar-refractivity contribution is 0.324. The Morgan fingerprint density at radius 2 is 1.91 bits per heavy atom. The number of ether oxygens (including phenoxy) is 1. The summed E-state index contributed by atoms with van der Waals surface area (Å²) >= 11 is 0. The summed E-state index contributed by atoms with van der Waals surface area (Å²) in [4.78, 5) is 4.00. The van der Waals surface area contributed by atoms with Crippen molar-refractivity contribution in [3.05, 3.63) is 66.6 Å². The van der Waals surface area contributed by atoms with E-state index >= 15 is 0 Å². The van der Waals surface area contributed by atoms with Gasteiger partial charge in [-0.15, -0.1) is 0 Å². The van der Waals surface area contributed by atoms with E-state index < -0.39 is 5.82 Å². The highest BCUT2D eigenvalue weighted by molar-refractivity contribution is 6.01. The van der Waals surface area contributed by atoms with Gasteiger partial charge in [-0.05, 0) is 69.5 Å². The fourth-order valence-electron chi connectivity index (χ4n) is 4.31. The predicted molar refractivity (Wildman–Crippen MR) is 128 cm³/mol. The molecule has 4 aromatic rings. The standard InChI is InChI=1S/C26H27FN4O/c1-16(2)30-18-10-8-17(9-11-18)25-24(28)21-13-12-20(32-26-22(27)7-4-14-29-26)15-23(21)31(25)19-5-3-6-19/h4,7-16,19,30H,3,5-6,28H2,1-2H3. The lowest BCUT2D eigenvalue weighted by atomic mass is 9.92. The minimum absolute atomic E-state index is 0.0324. The molecule has 0 aliphatic heterocycles. The Bertz CT molecular complexity index is 1260. The predicted octanol–water partition coefficient (Wildman–Crippen LogP) is 6.76. The normalized spacial score (nSPS) is 14.0. The molecule has 2 heterocycles. The van der Waals surface area contributed by atoms with Crippen molar-refractivity contribution < 1.29 is 9.13 Å². The summed E-state index contributed by atoms with van der Waals surface area (Å²) in [6, 6.07) is 17.8. The third-order valence-corrected chi connectivity index (χ3v) is 6.01. The number of nitrogens with one attached hydrogen (secondary N) is 1. The Morgan fingerprint density at radius 3 is 2.56 bits per heavy atom. The van der Waals surface area contributed by atoms with Crippen LogP contribution in [0.4, 0.5) is 15.8 Å². The number of aromatic nitrogens is 2. The van der Waals surface area contributed by atoms with E-state index in [4.69, 9.17) is 10.5 Å². The minimum Gasteiger partial charge on any atom is -0.436 e. The zero-order valence-electron chi connectivity index (χ0n) is 18.3. The van der Waals surface area contributed by atoms with E-state index in [1.54, 1.807) is 6.07 Å². The molecule has 164 valence electrons. The number of hydrogen-bond donors (Lipinski definition) is 2. The van der Waals surface area contributed by atoms with Crippen LogP contribution in [0.25, 0.3) is 22.2 Å². The average molecular weight is 431 g/mol. The maximum atomic E-state index is 14.0. The molecule has 0 saturated heterocycles.